The highest BCUT2D eigenvalue weighted by molar-refractivity contribution is 6.67. The van der Waals surface area contributed by atoms with Gasteiger partial charge in [0.2, 0.25) is 5.17 Å². The monoisotopic (exact) mass is 255 g/mol. The Kier molecular flexibility index (Phi) is 3.62. The normalized spacial score (nSPS) is 13.1. The summed E-state index contributed by atoms with van der Waals surface area (Å²) >= 11 is 10.6. The van der Waals surface area contributed by atoms with Gasteiger partial charge in [-0.1, -0.05) is 29.3 Å². The first-order chi connectivity index (χ1) is 6.80. The third-order valence-electron chi connectivity index (χ3n) is 1.55. The van der Waals surface area contributed by atoms with Crippen LogP contribution in [0, 0.1) is 6.92 Å². The maximum absolute atomic E-state index is 12.1. The van der Waals surface area contributed by atoms with Gasteiger partial charge in [0.05, 0.1) is 10.7 Å². The Morgan fingerprint density at radius 1 is 1.33 bits per heavy atom. The molecule has 82 valence electrons. The topological polar surface area (TPSA) is 12.4 Å². The summed E-state index contributed by atoms with van der Waals surface area (Å²) in [7, 11) is 0. The first-order valence-electron chi connectivity index (χ1n) is 3.88. The smallest absolute Gasteiger partial charge is 0.231 e. The minimum atomic E-state index is -4.64. The molecule has 0 fully saturated rings. The van der Waals surface area contributed by atoms with E-state index >= 15 is 0 Å². The number of hydrogen-bond acceptors (Lipinski definition) is 1. The summed E-state index contributed by atoms with van der Waals surface area (Å²) in [4.78, 5) is 3.22. The zero-order chi connectivity index (χ0) is 11.6. The second kappa shape index (κ2) is 4.41. The van der Waals surface area contributed by atoms with Crippen LogP contribution >= 0.6 is 23.2 Å². The van der Waals surface area contributed by atoms with Crippen molar-refractivity contribution in [3.63, 3.8) is 0 Å². The molecule has 0 unspecified atom stereocenters. The van der Waals surface area contributed by atoms with Gasteiger partial charge in [0.25, 0.3) is 0 Å². The van der Waals surface area contributed by atoms with E-state index in [1.807, 2.05) is 0 Å². The lowest BCUT2D eigenvalue weighted by molar-refractivity contribution is -0.0558. The second-order valence-corrected chi connectivity index (χ2v) is 3.62. The van der Waals surface area contributed by atoms with E-state index in [1.54, 1.807) is 13.0 Å². The summed E-state index contributed by atoms with van der Waals surface area (Å²) in [6.45, 7) is 1.72. The van der Waals surface area contributed by atoms with E-state index in [1.165, 1.54) is 12.1 Å². The van der Waals surface area contributed by atoms with Crippen molar-refractivity contribution in [2.75, 3.05) is 0 Å². The van der Waals surface area contributed by atoms with Gasteiger partial charge in [-0.15, -0.1) is 0 Å². The van der Waals surface area contributed by atoms with Gasteiger partial charge in [0.1, 0.15) is 0 Å². The molecule has 1 rings (SSSR count). The molecule has 0 aliphatic carbocycles. The molecule has 0 bridgehead atoms. The Hall–Kier alpha value is -0.740. The fourth-order valence-electron chi connectivity index (χ4n) is 0.878. The zero-order valence-corrected chi connectivity index (χ0v) is 9.08. The van der Waals surface area contributed by atoms with Crippen LogP contribution in [0.4, 0.5) is 18.9 Å². The van der Waals surface area contributed by atoms with Crippen LogP contribution in [0.5, 0.6) is 0 Å². The van der Waals surface area contributed by atoms with Crippen LogP contribution in [0.15, 0.2) is 23.2 Å². The van der Waals surface area contributed by atoms with Crippen molar-refractivity contribution in [2.45, 2.75) is 13.1 Å². The molecular weight excluding hydrogens is 250 g/mol. The van der Waals surface area contributed by atoms with Crippen LogP contribution in [0.25, 0.3) is 0 Å². The summed E-state index contributed by atoms with van der Waals surface area (Å²) in [6, 6.07) is 4.57. The van der Waals surface area contributed by atoms with Crippen LogP contribution in [-0.2, 0) is 0 Å². The highest BCUT2D eigenvalue weighted by Crippen LogP contribution is 2.29. The van der Waals surface area contributed by atoms with Crippen LogP contribution in [0.2, 0.25) is 5.02 Å². The third kappa shape index (κ3) is 3.39. The molecule has 0 saturated carbocycles. The van der Waals surface area contributed by atoms with E-state index in [4.69, 9.17) is 23.2 Å². The van der Waals surface area contributed by atoms with Crippen molar-refractivity contribution >= 4 is 34.1 Å². The average molecular weight is 256 g/mol. The van der Waals surface area contributed by atoms with Gasteiger partial charge in [-0.3, -0.25) is 0 Å². The average Bonchev–Trinajstić information content (AvgIpc) is 2.09. The number of rotatable bonds is 1. The fraction of sp³-hybridized carbons (Fsp3) is 0.222. The molecule has 1 nitrogen and oxygen atoms in total. The van der Waals surface area contributed by atoms with Gasteiger partial charge in [-0.25, -0.2) is 4.99 Å². The highest BCUT2D eigenvalue weighted by Gasteiger charge is 2.34. The van der Waals surface area contributed by atoms with Crippen molar-refractivity contribution < 1.29 is 13.2 Å². The van der Waals surface area contributed by atoms with Crippen molar-refractivity contribution in [3.8, 4) is 0 Å². The molecule has 0 N–H and O–H groups in total. The summed E-state index contributed by atoms with van der Waals surface area (Å²) in [5.41, 5.74) is 0.767. The van der Waals surface area contributed by atoms with Gasteiger partial charge < -0.3 is 0 Å². The molecule has 0 aromatic heterocycles. The van der Waals surface area contributed by atoms with Gasteiger partial charge in [0.15, 0.2) is 0 Å². The van der Waals surface area contributed by atoms with Crippen molar-refractivity contribution in [2.24, 2.45) is 4.99 Å². The van der Waals surface area contributed by atoms with E-state index in [9.17, 15) is 13.2 Å². The molecule has 0 heterocycles. The quantitative estimate of drug-likeness (QED) is 0.657. The Morgan fingerprint density at radius 2 is 1.93 bits per heavy atom. The molecule has 6 heteroatoms. The number of hydrogen-bond donors (Lipinski definition) is 0. The Labute approximate surface area is 94.5 Å². The molecule has 0 saturated heterocycles. The van der Waals surface area contributed by atoms with E-state index in [0.717, 1.165) is 5.56 Å². The van der Waals surface area contributed by atoms with E-state index in [-0.39, 0.29) is 10.7 Å². The van der Waals surface area contributed by atoms with Crippen LogP contribution in [0.1, 0.15) is 5.56 Å². The van der Waals surface area contributed by atoms with Gasteiger partial charge in [-0.05, 0) is 24.6 Å². The molecule has 0 radical (unpaired) electrons. The molecular formula is C9H6Cl2F3N. The highest BCUT2D eigenvalue weighted by atomic mass is 35.5. The van der Waals surface area contributed by atoms with Gasteiger partial charge in [-0.2, -0.15) is 13.2 Å². The molecule has 1 aromatic rings. The fourth-order valence-corrected chi connectivity index (χ4v) is 1.13. The van der Waals surface area contributed by atoms with Crippen LogP contribution in [0.3, 0.4) is 0 Å². The maximum Gasteiger partial charge on any atom is 0.444 e. The predicted molar refractivity (Wildman–Crippen MR) is 55.2 cm³/mol. The molecule has 0 atom stereocenters. The molecule has 0 spiro atoms. The first kappa shape index (κ1) is 12.3. The summed E-state index contributed by atoms with van der Waals surface area (Å²) < 4.78 is 36.2. The second-order valence-electron chi connectivity index (χ2n) is 2.86. The van der Waals surface area contributed by atoms with Crippen molar-refractivity contribution in [1.29, 1.82) is 0 Å². The zero-order valence-electron chi connectivity index (χ0n) is 7.57. The summed E-state index contributed by atoms with van der Waals surface area (Å²) in [6.07, 6.45) is -4.64. The number of alkyl halides is 3. The van der Waals surface area contributed by atoms with Gasteiger partial charge >= 0.3 is 6.18 Å². The van der Waals surface area contributed by atoms with Crippen LogP contribution in [-0.4, -0.2) is 11.3 Å². The maximum atomic E-state index is 12.1. The Morgan fingerprint density at radius 3 is 2.47 bits per heavy atom. The largest absolute Gasteiger partial charge is 0.444 e. The van der Waals surface area contributed by atoms with Gasteiger partial charge in [0, 0.05) is 0 Å². The standard InChI is InChI=1S/C9H6Cl2F3N/c1-5-2-3-6(10)7(4-5)15-8(11)9(12,13)14/h2-4H,1H3. The molecule has 0 amide bonds. The number of benzene rings is 1. The van der Waals surface area contributed by atoms with E-state index < -0.39 is 11.3 Å². The Balaban J connectivity index is 3.13. The lowest BCUT2D eigenvalue weighted by Gasteiger charge is -2.04. The molecule has 15 heavy (non-hydrogen) atoms. The summed E-state index contributed by atoms with van der Waals surface area (Å²) in [5.74, 6) is 0. The number of halogens is 5. The first-order valence-corrected chi connectivity index (χ1v) is 4.64. The number of aliphatic imine (C=N–C) groups is 1. The number of aryl methyl sites for hydroxylation is 1. The molecule has 0 aliphatic heterocycles. The van der Waals surface area contributed by atoms with Crippen LogP contribution < -0.4 is 0 Å². The molecule has 0 aliphatic rings. The Bertz CT molecular complexity index is 399. The SMILES string of the molecule is Cc1ccc(Cl)c(N=C(Cl)C(F)(F)F)c1. The minimum Gasteiger partial charge on any atom is -0.231 e. The third-order valence-corrected chi connectivity index (χ3v) is 2.17. The summed E-state index contributed by atoms with van der Waals surface area (Å²) in [5, 5.41) is -1.31. The van der Waals surface area contributed by atoms with Crippen molar-refractivity contribution in [1.82, 2.24) is 0 Å². The van der Waals surface area contributed by atoms with E-state index in [2.05, 4.69) is 4.99 Å². The lowest BCUT2D eigenvalue weighted by atomic mass is 10.2. The molecule has 1 aromatic carbocycles. The number of nitrogens with zero attached hydrogens (tertiary/aromatic N) is 1. The van der Waals surface area contributed by atoms with Crippen molar-refractivity contribution in [3.05, 3.63) is 28.8 Å². The minimum absolute atomic E-state index is 0.0130. The van der Waals surface area contributed by atoms with E-state index in [0.29, 0.717) is 0 Å². The predicted octanol–water partition coefficient (Wildman–Crippen LogP) is 4.48. The lowest BCUT2D eigenvalue weighted by Crippen LogP contribution is -2.16.